The van der Waals surface area contributed by atoms with E-state index in [9.17, 15) is 22.4 Å². The van der Waals surface area contributed by atoms with Gasteiger partial charge in [0.25, 0.3) is 0 Å². The number of hydrogen-bond donors (Lipinski definition) is 1. The van der Waals surface area contributed by atoms with Gasteiger partial charge >= 0.3 is 6.18 Å². The van der Waals surface area contributed by atoms with E-state index in [2.05, 4.69) is 4.98 Å². The van der Waals surface area contributed by atoms with E-state index >= 15 is 0 Å². The maximum atomic E-state index is 13.1. The fraction of sp³-hybridized carbons (Fsp3) is 0.222. The van der Waals surface area contributed by atoms with Gasteiger partial charge in [-0.1, -0.05) is 12.1 Å². The Morgan fingerprint density at radius 2 is 1.88 bits per heavy atom. The molecule has 1 N–H and O–H groups in total. The molecule has 26 heavy (non-hydrogen) atoms. The number of aromatic nitrogens is 2. The summed E-state index contributed by atoms with van der Waals surface area (Å²) in [5.41, 5.74) is 2.65. The summed E-state index contributed by atoms with van der Waals surface area (Å²) in [6.07, 6.45) is -1.29. The highest BCUT2D eigenvalue weighted by molar-refractivity contribution is 5.84. The molecule has 1 unspecified atom stereocenters. The predicted octanol–water partition coefficient (Wildman–Crippen LogP) is 3.91. The Kier molecular flexibility index (Phi) is 4.67. The minimum atomic E-state index is -4.49. The molecule has 0 aliphatic carbocycles. The van der Waals surface area contributed by atoms with Crippen molar-refractivity contribution < 1.29 is 22.4 Å². The smallest absolute Gasteiger partial charge is 0.343 e. The van der Waals surface area contributed by atoms with E-state index in [-0.39, 0.29) is 12.4 Å². The number of hydrogen-bond acceptors (Lipinski definition) is 2. The highest BCUT2D eigenvalue weighted by Gasteiger charge is 2.36. The van der Waals surface area contributed by atoms with Crippen molar-refractivity contribution in [2.45, 2.75) is 25.7 Å². The fourth-order valence-electron chi connectivity index (χ4n) is 2.52. The Morgan fingerprint density at radius 1 is 1.19 bits per heavy atom. The molecule has 0 radical (unpaired) electrons. The number of nitrogens with zero attached hydrogens (tertiary/aromatic N) is 2. The van der Waals surface area contributed by atoms with Gasteiger partial charge in [0.05, 0.1) is 11.0 Å². The lowest BCUT2D eigenvalue weighted by Crippen LogP contribution is -2.44. The lowest BCUT2D eigenvalue weighted by atomic mass is 10.1. The molecule has 8 heteroatoms. The van der Waals surface area contributed by atoms with Crippen LogP contribution in [0.25, 0.3) is 22.2 Å². The highest BCUT2D eigenvalue weighted by atomic mass is 19.4. The van der Waals surface area contributed by atoms with Crippen LogP contribution in [0.15, 0.2) is 48.8 Å². The largest absolute Gasteiger partial charge is 0.408 e. The molecule has 136 valence electrons. The molecule has 3 aromatic rings. The van der Waals surface area contributed by atoms with Gasteiger partial charge in [0.15, 0.2) is 0 Å². The van der Waals surface area contributed by atoms with Gasteiger partial charge in [-0.15, -0.1) is 0 Å². The van der Waals surface area contributed by atoms with Crippen molar-refractivity contribution in [3.05, 3.63) is 54.6 Å². The van der Waals surface area contributed by atoms with Crippen molar-refractivity contribution in [3.63, 3.8) is 0 Å². The Bertz CT molecular complexity index is 932. The summed E-state index contributed by atoms with van der Waals surface area (Å²) in [5.74, 6) is -1.11. The third-order valence-corrected chi connectivity index (χ3v) is 3.98. The first kappa shape index (κ1) is 17.9. The zero-order valence-corrected chi connectivity index (χ0v) is 13.7. The summed E-state index contributed by atoms with van der Waals surface area (Å²) < 4.78 is 52.2. The van der Waals surface area contributed by atoms with Crippen LogP contribution in [-0.4, -0.2) is 27.7 Å². The van der Waals surface area contributed by atoms with E-state index in [1.165, 1.54) is 16.7 Å². The molecule has 0 aliphatic rings. The van der Waals surface area contributed by atoms with Crippen LogP contribution >= 0.6 is 0 Å². The van der Waals surface area contributed by atoms with Crippen LogP contribution in [0, 0.1) is 5.82 Å². The molecule has 0 aliphatic heterocycles. The van der Waals surface area contributed by atoms with Crippen LogP contribution in [0.5, 0.6) is 0 Å². The fourth-order valence-corrected chi connectivity index (χ4v) is 2.52. The zero-order chi connectivity index (χ0) is 18.9. The third kappa shape index (κ3) is 3.84. The van der Waals surface area contributed by atoms with E-state index < -0.39 is 18.1 Å². The van der Waals surface area contributed by atoms with Crippen LogP contribution in [0.4, 0.5) is 17.6 Å². The zero-order valence-electron chi connectivity index (χ0n) is 13.7. The summed E-state index contributed by atoms with van der Waals surface area (Å²) in [4.78, 5) is 16.2. The Labute approximate surface area is 146 Å². The number of pyridine rings is 1. The van der Waals surface area contributed by atoms with Gasteiger partial charge in [-0.25, -0.2) is 4.39 Å². The van der Waals surface area contributed by atoms with Crippen LogP contribution in [0.1, 0.15) is 6.92 Å². The predicted molar refractivity (Wildman–Crippen MR) is 88.8 cm³/mol. The molecular weight excluding hydrogens is 350 g/mol. The van der Waals surface area contributed by atoms with Crippen LogP contribution in [0.3, 0.4) is 0 Å². The number of halogens is 4. The number of fused-ring (bicyclic) bond motifs is 1. The summed E-state index contributed by atoms with van der Waals surface area (Å²) in [6, 6.07) is 7.35. The second-order valence-electron chi connectivity index (χ2n) is 5.91. The van der Waals surface area contributed by atoms with Gasteiger partial charge in [0.2, 0.25) is 5.91 Å². The van der Waals surface area contributed by atoms with E-state index in [4.69, 9.17) is 0 Å². The van der Waals surface area contributed by atoms with Crippen molar-refractivity contribution in [1.29, 1.82) is 0 Å². The molecular formula is C18H15F4N3O. The molecule has 0 saturated heterocycles. The maximum Gasteiger partial charge on any atom is 0.408 e. The number of carbonyl (C=O) groups is 1. The van der Waals surface area contributed by atoms with Crippen molar-refractivity contribution >= 4 is 16.9 Å². The summed E-state index contributed by atoms with van der Waals surface area (Å²) in [5, 5.41) is 1.93. The van der Waals surface area contributed by atoms with E-state index in [1.807, 2.05) is 5.32 Å². The highest BCUT2D eigenvalue weighted by Crippen LogP contribution is 2.24. The molecule has 2 aromatic heterocycles. The number of rotatable bonds is 4. The normalized spacial score (nSPS) is 13.0. The number of carbonyl (C=O) groups excluding carboxylic acids is 1. The Morgan fingerprint density at radius 3 is 2.54 bits per heavy atom. The van der Waals surface area contributed by atoms with Crippen molar-refractivity contribution in [2.75, 3.05) is 0 Å². The first-order valence-electron chi connectivity index (χ1n) is 7.81. The first-order valence-corrected chi connectivity index (χ1v) is 7.81. The average molecular weight is 365 g/mol. The molecule has 1 atom stereocenters. The van der Waals surface area contributed by atoms with Gasteiger partial charge in [-0.2, -0.15) is 13.2 Å². The van der Waals surface area contributed by atoms with Crippen LogP contribution < -0.4 is 5.32 Å². The number of amides is 1. The molecule has 0 bridgehead atoms. The lowest BCUT2D eigenvalue weighted by molar-refractivity contribution is -0.158. The second-order valence-corrected chi connectivity index (χ2v) is 5.91. The quantitative estimate of drug-likeness (QED) is 0.713. The van der Waals surface area contributed by atoms with Crippen molar-refractivity contribution in [2.24, 2.45) is 0 Å². The standard InChI is InChI=1S/C18H15F4N3O/c1-11(18(20,21)22)24-17(26)10-25-7-6-15-16(25)8-13(9-23-15)12-2-4-14(19)5-3-12/h2-9,11H,10H2,1H3,(H,24,26). The maximum absolute atomic E-state index is 13.1. The number of nitrogens with one attached hydrogen (secondary N) is 1. The van der Waals surface area contributed by atoms with Crippen molar-refractivity contribution in [1.82, 2.24) is 14.9 Å². The second kappa shape index (κ2) is 6.78. The van der Waals surface area contributed by atoms with E-state index in [0.29, 0.717) is 16.6 Å². The van der Waals surface area contributed by atoms with Gasteiger partial charge < -0.3 is 9.88 Å². The minimum absolute atomic E-state index is 0.265. The first-order chi connectivity index (χ1) is 12.2. The van der Waals surface area contributed by atoms with Crippen molar-refractivity contribution in [3.8, 4) is 11.1 Å². The molecule has 1 aromatic carbocycles. The monoisotopic (exact) mass is 365 g/mol. The van der Waals surface area contributed by atoms with Crippen LogP contribution in [0.2, 0.25) is 0 Å². The number of benzene rings is 1. The van der Waals surface area contributed by atoms with E-state index in [0.717, 1.165) is 12.5 Å². The van der Waals surface area contributed by atoms with Gasteiger partial charge in [0.1, 0.15) is 18.4 Å². The van der Waals surface area contributed by atoms with Gasteiger partial charge in [0, 0.05) is 18.0 Å². The molecule has 0 saturated carbocycles. The Balaban J connectivity index is 1.84. The molecule has 0 spiro atoms. The van der Waals surface area contributed by atoms with Crippen LogP contribution in [-0.2, 0) is 11.3 Å². The molecule has 0 fully saturated rings. The Hall–Kier alpha value is -2.90. The summed E-state index contributed by atoms with van der Waals surface area (Å²) in [7, 11) is 0. The molecule has 2 heterocycles. The SMILES string of the molecule is CC(NC(=O)Cn1ccc2ncc(-c3ccc(F)cc3)cc21)C(F)(F)F. The van der Waals surface area contributed by atoms with E-state index in [1.54, 1.807) is 36.7 Å². The average Bonchev–Trinajstić information content (AvgIpc) is 2.96. The summed E-state index contributed by atoms with van der Waals surface area (Å²) >= 11 is 0. The summed E-state index contributed by atoms with van der Waals surface area (Å²) in [6.45, 7) is 0.623. The third-order valence-electron chi connectivity index (χ3n) is 3.98. The molecule has 1 amide bonds. The topological polar surface area (TPSA) is 46.9 Å². The number of alkyl halides is 3. The molecule has 3 rings (SSSR count). The van der Waals surface area contributed by atoms with Gasteiger partial charge in [-0.05, 0) is 36.8 Å². The molecule has 4 nitrogen and oxygen atoms in total. The van der Waals surface area contributed by atoms with Gasteiger partial charge in [-0.3, -0.25) is 9.78 Å². The minimum Gasteiger partial charge on any atom is -0.343 e. The lowest BCUT2D eigenvalue weighted by Gasteiger charge is -2.17.